The summed E-state index contributed by atoms with van der Waals surface area (Å²) in [7, 11) is 0. The lowest BCUT2D eigenvalue weighted by atomic mass is 9.81. The van der Waals surface area contributed by atoms with Gasteiger partial charge in [-0.3, -0.25) is 15.1 Å². The molecule has 4 nitrogen and oxygen atoms in total. The van der Waals surface area contributed by atoms with Gasteiger partial charge in [0.15, 0.2) is 0 Å². The molecule has 0 atom stereocenters. The Morgan fingerprint density at radius 2 is 2.06 bits per heavy atom. The van der Waals surface area contributed by atoms with Crippen LogP contribution in [0.5, 0.6) is 0 Å². The number of hydrogen-bond donors (Lipinski definition) is 0. The standard InChI is InChI=1S/C13H16N2O2/c1-13(2,3)12-10-5-4-6-11(15(16)17)9(10)7-8-14-12/h4-6H,7-8H2,1-3H3. The first-order chi connectivity index (χ1) is 7.91. The Morgan fingerprint density at radius 1 is 1.35 bits per heavy atom. The van der Waals surface area contributed by atoms with Crippen LogP contribution < -0.4 is 0 Å². The second-order valence-electron chi connectivity index (χ2n) is 5.29. The molecule has 2 rings (SSSR count). The largest absolute Gasteiger partial charge is 0.288 e. The second kappa shape index (κ2) is 3.95. The maximum atomic E-state index is 11.0. The SMILES string of the molecule is CC(C)(C)C1=NCCc2c1cccc2[N+](=O)[O-]. The number of aliphatic imine (C=N–C) groups is 1. The Balaban J connectivity index is 2.61. The zero-order chi connectivity index (χ0) is 12.6. The highest BCUT2D eigenvalue weighted by Crippen LogP contribution is 2.32. The highest BCUT2D eigenvalue weighted by molar-refractivity contribution is 6.06. The highest BCUT2D eigenvalue weighted by Gasteiger charge is 2.28. The number of rotatable bonds is 1. The quantitative estimate of drug-likeness (QED) is 0.552. The third-order valence-corrected chi connectivity index (χ3v) is 2.95. The maximum absolute atomic E-state index is 11.0. The van der Waals surface area contributed by atoms with Gasteiger partial charge in [-0.25, -0.2) is 0 Å². The summed E-state index contributed by atoms with van der Waals surface area (Å²) in [4.78, 5) is 15.2. The molecule has 17 heavy (non-hydrogen) atoms. The molecule has 90 valence electrons. The summed E-state index contributed by atoms with van der Waals surface area (Å²) in [5, 5.41) is 11.0. The lowest BCUT2D eigenvalue weighted by Crippen LogP contribution is -2.26. The molecule has 0 N–H and O–H groups in total. The third kappa shape index (κ3) is 2.07. The van der Waals surface area contributed by atoms with E-state index in [1.54, 1.807) is 12.1 Å². The minimum atomic E-state index is -0.301. The topological polar surface area (TPSA) is 55.5 Å². The predicted octanol–water partition coefficient (Wildman–Crippen LogP) is 2.99. The zero-order valence-electron chi connectivity index (χ0n) is 10.4. The van der Waals surface area contributed by atoms with Crippen molar-refractivity contribution < 1.29 is 4.92 Å². The van der Waals surface area contributed by atoms with Crippen molar-refractivity contribution in [2.24, 2.45) is 10.4 Å². The molecule has 1 aromatic carbocycles. The van der Waals surface area contributed by atoms with E-state index in [4.69, 9.17) is 0 Å². The van der Waals surface area contributed by atoms with Gasteiger partial charge >= 0.3 is 0 Å². The van der Waals surface area contributed by atoms with E-state index in [-0.39, 0.29) is 16.0 Å². The van der Waals surface area contributed by atoms with E-state index < -0.39 is 0 Å². The van der Waals surface area contributed by atoms with Crippen LogP contribution in [0.25, 0.3) is 0 Å². The number of fused-ring (bicyclic) bond motifs is 1. The van der Waals surface area contributed by atoms with Crippen molar-refractivity contribution in [2.45, 2.75) is 27.2 Å². The summed E-state index contributed by atoms with van der Waals surface area (Å²) < 4.78 is 0. The van der Waals surface area contributed by atoms with Crippen LogP contribution in [-0.2, 0) is 6.42 Å². The van der Waals surface area contributed by atoms with Crippen molar-refractivity contribution in [1.82, 2.24) is 0 Å². The summed E-state index contributed by atoms with van der Waals surface area (Å²) in [5.74, 6) is 0. The predicted molar refractivity (Wildman–Crippen MR) is 67.7 cm³/mol. The normalized spacial score (nSPS) is 15.1. The first-order valence-electron chi connectivity index (χ1n) is 5.73. The van der Waals surface area contributed by atoms with Gasteiger partial charge in [-0.2, -0.15) is 0 Å². The fraction of sp³-hybridized carbons (Fsp3) is 0.462. The smallest absolute Gasteiger partial charge is 0.273 e. The van der Waals surface area contributed by atoms with Crippen LogP contribution in [0, 0.1) is 15.5 Å². The monoisotopic (exact) mass is 232 g/mol. The van der Waals surface area contributed by atoms with Crippen molar-refractivity contribution in [3.63, 3.8) is 0 Å². The molecule has 1 aromatic rings. The van der Waals surface area contributed by atoms with E-state index in [1.165, 1.54) is 0 Å². The summed E-state index contributed by atoms with van der Waals surface area (Å²) in [5.41, 5.74) is 2.89. The van der Waals surface area contributed by atoms with Crippen LogP contribution in [0.3, 0.4) is 0 Å². The van der Waals surface area contributed by atoms with Crippen molar-refractivity contribution in [3.8, 4) is 0 Å². The molecule has 0 amide bonds. The van der Waals surface area contributed by atoms with Gasteiger partial charge in [0.25, 0.3) is 5.69 Å². The van der Waals surface area contributed by atoms with Gasteiger partial charge in [-0.15, -0.1) is 0 Å². The molecule has 1 aliphatic heterocycles. The minimum Gasteiger partial charge on any atom is -0.288 e. The molecule has 1 aliphatic rings. The lowest BCUT2D eigenvalue weighted by molar-refractivity contribution is -0.385. The molecule has 0 bridgehead atoms. The average Bonchev–Trinajstić information content (AvgIpc) is 2.26. The van der Waals surface area contributed by atoms with Gasteiger partial charge < -0.3 is 0 Å². The van der Waals surface area contributed by atoms with E-state index in [0.29, 0.717) is 13.0 Å². The van der Waals surface area contributed by atoms with Gasteiger partial charge in [0, 0.05) is 34.9 Å². The molecule has 0 radical (unpaired) electrons. The van der Waals surface area contributed by atoms with Crippen molar-refractivity contribution in [1.29, 1.82) is 0 Å². The van der Waals surface area contributed by atoms with Crippen molar-refractivity contribution in [2.75, 3.05) is 6.54 Å². The number of hydrogen-bond acceptors (Lipinski definition) is 3. The van der Waals surface area contributed by atoms with E-state index in [1.807, 2.05) is 6.07 Å². The van der Waals surface area contributed by atoms with E-state index in [9.17, 15) is 10.1 Å². The minimum absolute atomic E-state index is 0.0790. The fourth-order valence-electron chi connectivity index (χ4n) is 2.24. The summed E-state index contributed by atoms with van der Waals surface area (Å²) >= 11 is 0. The zero-order valence-corrected chi connectivity index (χ0v) is 10.4. The number of nitrogens with zero attached hydrogens (tertiary/aromatic N) is 2. The molecule has 0 aromatic heterocycles. The van der Waals surface area contributed by atoms with Crippen LogP contribution in [0.4, 0.5) is 5.69 Å². The first-order valence-corrected chi connectivity index (χ1v) is 5.73. The molecule has 0 saturated carbocycles. The second-order valence-corrected chi connectivity index (χ2v) is 5.29. The van der Waals surface area contributed by atoms with E-state index in [2.05, 4.69) is 25.8 Å². The van der Waals surface area contributed by atoms with Gasteiger partial charge in [0.1, 0.15) is 0 Å². The molecule has 0 aliphatic carbocycles. The Morgan fingerprint density at radius 3 is 2.65 bits per heavy atom. The highest BCUT2D eigenvalue weighted by atomic mass is 16.6. The molecule has 0 spiro atoms. The molecule has 0 saturated heterocycles. The molecule has 0 fully saturated rings. The van der Waals surface area contributed by atoms with Crippen LogP contribution in [0.2, 0.25) is 0 Å². The molecular weight excluding hydrogens is 216 g/mol. The van der Waals surface area contributed by atoms with Crippen LogP contribution in [-0.4, -0.2) is 17.2 Å². The Hall–Kier alpha value is -1.71. The van der Waals surface area contributed by atoms with Crippen molar-refractivity contribution >= 4 is 11.4 Å². The van der Waals surface area contributed by atoms with Gasteiger partial charge in [-0.05, 0) is 6.42 Å². The number of nitro groups is 1. The van der Waals surface area contributed by atoms with E-state index in [0.717, 1.165) is 16.8 Å². The number of nitro benzene ring substituents is 1. The Bertz CT molecular complexity index is 499. The molecule has 1 heterocycles. The molecule has 4 heteroatoms. The summed E-state index contributed by atoms with van der Waals surface area (Å²) in [6, 6.07) is 5.25. The average molecular weight is 232 g/mol. The van der Waals surface area contributed by atoms with Crippen molar-refractivity contribution in [3.05, 3.63) is 39.4 Å². The molecule has 0 unspecified atom stereocenters. The van der Waals surface area contributed by atoms with Crippen LogP contribution in [0.1, 0.15) is 31.9 Å². The first kappa shape index (κ1) is 11.8. The van der Waals surface area contributed by atoms with Gasteiger partial charge in [-0.1, -0.05) is 32.9 Å². The molecular formula is C13H16N2O2. The lowest BCUT2D eigenvalue weighted by Gasteiger charge is -2.26. The Labute approximate surface area is 101 Å². The van der Waals surface area contributed by atoms with E-state index >= 15 is 0 Å². The third-order valence-electron chi connectivity index (χ3n) is 2.95. The van der Waals surface area contributed by atoms with Crippen LogP contribution in [0.15, 0.2) is 23.2 Å². The maximum Gasteiger partial charge on any atom is 0.273 e. The summed E-state index contributed by atoms with van der Waals surface area (Å²) in [6.07, 6.45) is 0.659. The summed E-state index contributed by atoms with van der Waals surface area (Å²) in [6.45, 7) is 6.89. The van der Waals surface area contributed by atoms with Gasteiger partial charge in [0.2, 0.25) is 0 Å². The Kier molecular flexibility index (Phi) is 2.73. The number of benzene rings is 1. The van der Waals surface area contributed by atoms with Crippen LogP contribution >= 0.6 is 0 Å². The van der Waals surface area contributed by atoms with Gasteiger partial charge in [0.05, 0.1) is 4.92 Å². The fourth-order valence-corrected chi connectivity index (χ4v) is 2.24.